The molecule has 0 atom stereocenters. The average molecular weight is 583 g/mol. The second kappa shape index (κ2) is 9.72. The molecule has 0 saturated heterocycles. The molecule has 27 heavy (non-hydrogen) atoms. The van der Waals surface area contributed by atoms with Crippen LogP contribution in [0.3, 0.4) is 0 Å². The van der Waals surface area contributed by atoms with Gasteiger partial charge < -0.3 is 10.1 Å². The van der Waals surface area contributed by atoms with Gasteiger partial charge in [0.1, 0.15) is 23.5 Å². The van der Waals surface area contributed by atoms with Crippen LogP contribution in [0.2, 0.25) is 0 Å². The van der Waals surface area contributed by atoms with Crippen molar-refractivity contribution in [2.24, 2.45) is 0 Å². The van der Waals surface area contributed by atoms with Crippen LogP contribution >= 0.6 is 45.2 Å². The maximum absolute atomic E-state index is 12.5. The summed E-state index contributed by atoms with van der Waals surface area (Å²) in [6, 6.07) is 13.3. The van der Waals surface area contributed by atoms with Gasteiger partial charge in [-0.25, -0.2) is 0 Å². The Hall–Kier alpha value is -2.11. The first-order valence-corrected chi connectivity index (χ1v) is 10.0. The van der Waals surface area contributed by atoms with Crippen LogP contribution < -0.4 is 10.1 Å². The number of carbonyl (C=O) groups is 1. The van der Waals surface area contributed by atoms with Gasteiger partial charge in [-0.2, -0.15) is 10.5 Å². The highest BCUT2D eigenvalue weighted by Gasteiger charge is 2.13. The quantitative estimate of drug-likeness (QED) is 0.307. The van der Waals surface area contributed by atoms with Gasteiger partial charge in [0.2, 0.25) is 0 Å². The van der Waals surface area contributed by atoms with Crippen molar-refractivity contribution in [2.45, 2.75) is 13.8 Å². The Balaban J connectivity index is 2.30. The number of hydrogen-bond donors (Lipinski definition) is 1. The molecule has 2 aromatic rings. The van der Waals surface area contributed by atoms with Crippen LogP contribution in [0.1, 0.15) is 16.7 Å². The normalized spacial score (nSPS) is 10.7. The van der Waals surface area contributed by atoms with E-state index in [1.807, 2.05) is 44.2 Å². The lowest BCUT2D eigenvalue weighted by Crippen LogP contribution is -2.14. The highest BCUT2D eigenvalue weighted by Crippen LogP contribution is 2.30. The molecule has 0 aliphatic carbocycles. The van der Waals surface area contributed by atoms with Gasteiger partial charge in [-0.05, 0) is 100.0 Å². The van der Waals surface area contributed by atoms with E-state index in [9.17, 15) is 10.1 Å². The van der Waals surface area contributed by atoms with Crippen LogP contribution in [-0.2, 0) is 4.79 Å². The van der Waals surface area contributed by atoms with Gasteiger partial charge in [0.15, 0.2) is 6.61 Å². The molecule has 1 amide bonds. The Kier molecular flexibility index (Phi) is 7.63. The van der Waals surface area contributed by atoms with Crippen LogP contribution in [0, 0.1) is 43.7 Å². The molecule has 0 fully saturated rings. The number of carbonyl (C=O) groups excluding carboxylic acids is 1. The second-order valence-corrected chi connectivity index (χ2v) is 8.03. The van der Waals surface area contributed by atoms with Gasteiger partial charge in [-0.1, -0.05) is 12.1 Å². The molecule has 0 saturated carbocycles. The first-order chi connectivity index (χ1) is 12.8. The molecule has 1 N–H and O–H groups in total. The maximum atomic E-state index is 12.5. The number of halogens is 2. The van der Waals surface area contributed by atoms with Crippen LogP contribution in [0.4, 0.5) is 5.69 Å². The molecule has 7 heteroatoms. The minimum atomic E-state index is -0.457. The van der Waals surface area contributed by atoms with Crippen molar-refractivity contribution in [1.82, 2.24) is 0 Å². The predicted octanol–water partition coefficient (Wildman–Crippen LogP) is 4.96. The Labute approximate surface area is 185 Å². The summed E-state index contributed by atoms with van der Waals surface area (Å²) < 4.78 is 7.01. The van der Waals surface area contributed by atoms with Gasteiger partial charge in [-0.3, -0.25) is 4.79 Å². The SMILES string of the molecule is Cc1ccc(C)c(NC(=O)/C(C#N)=C/c2cc(I)c(OCC#N)c(I)c2)c1. The fraction of sp³-hybridized carbons (Fsp3) is 0.150. The number of hydrogen-bond acceptors (Lipinski definition) is 4. The number of nitrogens with one attached hydrogen (secondary N) is 1. The lowest BCUT2D eigenvalue weighted by molar-refractivity contribution is -0.112. The third-order valence-corrected chi connectivity index (χ3v) is 5.22. The zero-order chi connectivity index (χ0) is 20.0. The molecule has 136 valence electrons. The standard InChI is InChI=1S/C20H15I2N3O2/c1-12-3-4-13(2)18(7-12)25-20(26)15(11-24)8-14-9-16(21)19(17(22)10-14)27-6-5-23/h3-4,7-10H,6H2,1-2H3,(H,25,26)/b15-8+. The largest absolute Gasteiger partial charge is 0.477 e. The van der Waals surface area contributed by atoms with Crippen LogP contribution in [0.5, 0.6) is 5.75 Å². The molecular weight excluding hydrogens is 568 g/mol. The molecule has 5 nitrogen and oxygen atoms in total. The van der Waals surface area contributed by atoms with Crippen molar-refractivity contribution in [3.05, 3.63) is 59.7 Å². The topological polar surface area (TPSA) is 85.9 Å². The number of benzene rings is 2. The highest BCUT2D eigenvalue weighted by atomic mass is 127. The number of ether oxygens (including phenoxy) is 1. The van der Waals surface area contributed by atoms with E-state index in [-0.39, 0.29) is 12.2 Å². The number of rotatable bonds is 5. The van der Waals surface area contributed by atoms with Crippen molar-refractivity contribution < 1.29 is 9.53 Å². The van der Waals surface area contributed by atoms with E-state index in [2.05, 4.69) is 50.5 Å². The predicted molar refractivity (Wildman–Crippen MR) is 121 cm³/mol. The number of aryl methyl sites for hydroxylation is 2. The van der Waals surface area contributed by atoms with Crippen molar-refractivity contribution in [1.29, 1.82) is 10.5 Å². The molecule has 0 aliphatic rings. The van der Waals surface area contributed by atoms with Crippen molar-refractivity contribution in [3.8, 4) is 17.9 Å². The lowest BCUT2D eigenvalue weighted by atomic mass is 10.1. The van der Waals surface area contributed by atoms with E-state index < -0.39 is 5.91 Å². The average Bonchev–Trinajstić information content (AvgIpc) is 2.62. The van der Waals surface area contributed by atoms with E-state index in [0.717, 1.165) is 18.3 Å². The lowest BCUT2D eigenvalue weighted by Gasteiger charge is -2.10. The Morgan fingerprint density at radius 1 is 1.19 bits per heavy atom. The Morgan fingerprint density at radius 3 is 2.44 bits per heavy atom. The van der Waals surface area contributed by atoms with Crippen LogP contribution in [0.15, 0.2) is 35.9 Å². The fourth-order valence-corrected chi connectivity index (χ4v) is 4.41. The van der Waals surface area contributed by atoms with Gasteiger partial charge in [0, 0.05) is 5.69 Å². The molecule has 2 aromatic carbocycles. The van der Waals surface area contributed by atoms with E-state index >= 15 is 0 Å². The molecule has 0 bridgehead atoms. The molecule has 0 spiro atoms. The summed E-state index contributed by atoms with van der Waals surface area (Å²) in [7, 11) is 0. The van der Waals surface area contributed by atoms with Gasteiger partial charge >= 0.3 is 0 Å². The Bertz CT molecular complexity index is 978. The Morgan fingerprint density at radius 2 is 1.85 bits per heavy atom. The van der Waals surface area contributed by atoms with Crippen LogP contribution in [0.25, 0.3) is 6.08 Å². The third-order valence-electron chi connectivity index (χ3n) is 3.62. The number of amides is 1. The minimum absolute atomic E-state index is 0.00759. The molecule has 0 aromatic heterocycles. The first kappa shape index (κ1) is 21.2. The van der Waals surface area contributed by atoms with Gasteiger partial charge in [0.25, 0.3) is 5.91 Å². The van der Waals surface area contributed by atoms with Gasteiger partial charge in [-0.15, -0.1) is 0 Å². The summed E-state index contributed by atoms with van der Waals surface area (Å²) in [5, 5.41) is 20.9. The summed E-state index contributed by atoms with van der Waals surface area (Å²) in [5.74, 6) is 0.161. The van der Waals surface area contributed by atoms with Gasteiger partial charge in [0.05, 0.1) is 7.14 Å². The monoisotopic (exact) mass is 583 g/mol. The van der Waals surface area contributed by atoms with Crippen LogP contribution in [-0.4, -0.2) is 12.5 Å². The zero-order valence-electron chi connectivity index (χ0n) is 14.6. The van der Waals surface area contributed by atoms with E-state index in [1.54, 1.807) is 18.2 Å². The summed E-state index contributed by atoms with van der Waals surface area (Å²) in [4.78, 5) is 12.5. The summed E-state index contributed by atoms with van der Waals surface area (Å²) in [6.07, 6.45) is 1.54. The zero-order valence-corrected chi connectivity index (χ0v) is 19.0. The first-order valence-electron chi connectivity index (χ1n) is 7.85. The van der Waals surface area contributed by atoms with Crippen molar-refractivity contribution >= 4 is 62.9 Å². The van der Waals surface area contributed by atoms with Crippen molar-refractivity contribution in [3.63, 3.8) is 0 Å². The fourth-order valence-electron chi connectivity index (χ4n) is 2.28. The third kappa shape index (κ3) is 5.68. The molecule has 0 radical (unpaired) electrons. The molecule has 0 aliphatic heterocycles. The maximum Gasteiger partial charge on any atom is 0.266 e. The smallest absolute Gasteiger partial charge is 0.266 e. The van der Waals surface area contributed by atoms with E-state index in [4.69, 9.17) is 10.00 Å². The minimum Gasteiger partial charge on any atom is -0.477 e. The molecule has 0 heterocycles. The number of nitrogens with zero attached hydrogens (tertiary/aromatic N) is 2. The van der Waals surface area contributed by atoms with E-state index in [1.165, 1.54) is 0 Å². The number of nitriles is 2. The molecular formula is C20H15I2N3O2. The molecule has 0 unspecified atom stereocenters. The summed E-state index contributed by atoms with van der Waals surface area (Å²) in [5.41, 5.74) is 3.35. The molecule has 2 rings (SSSR count). The summed E-state index contributed by atoms with van der Waals surface area (Å²) >= 11 is 4.20. The van der Waals surface area contributed by atoms with E-state index in [0.29, 0.717) is 17.0 Å². The summed E-state index contributed by atoms with van der Waals surface area (Å²) in [6.45, 7) is 3.80. The second-order valence-electron chi connectivity index (χ2n) is 5.70. The highest BCUT2D eigenvalue weighted by molar-refractivity contribution is 14.1. The van der Waals surface area contributed by atoms with Crippen molar-refractivity contribution in [2.75, 3.05) is 11.9 Å². The number of anilines is 1.